The number of hydrogen-bond donors (Lipinski definition) is 2. The number of carbonyl (C=O) groups is 1. The lowest BCUT2D eigenvalue weighted by Gasteiger charge is -2.42. The summed E-state index contributed by atoms with van der Waals surface area (Å²) in [6.07, 6.45) is 0. The van der Waals surface area contributed by atoms with Crippen LogP contribution >= 0.6 is 15.9 Å². The largest absolute Gasteiger partial charge is 0.478 e. The number of aromatic carboxylic acids is 1. The van der Waals surface area contributed by atoms with Crippen LogP contribution in [0.2, 0.25) is 0 Å². The molecule has 8 heteroatoms. The molecule has 1 fully saturated rings. The van der Waals surface area contributed by atoms with Crippen LogP contribution in [-0.4, -0.2) is 47.6 Å². The van der Waals surface area contributed by atoms with E-state index >= 15 is 0 Å². The molecule has 1 aliphatic rings. The lowest BCUT2D eigenvalue weighted by Crippen LogP contribution is -2.61. The number of benzene rings is 1. The van der Waals surface area contributed by atoms with Gasteiger partial charge in [-0.2, -0.15) is 4.31 Å². The standard InChI is InChI=1S/C11H12BrNO5S/c1-11(16)5-13(6-11)19(17,18)9-4-7(10(14)15)2-3-8(9)12/h2-4,16H,5-6H2,1H3,(H,14,15). The van der Waals surface area contributed by atoms with Gasteiger partial charge in [0, 0.05) is 17.6 Å². The van der Waals surface area contributed by atoms with Crippen molar-refractivity contribution in [3.05, 3.63) is 28.2 Å². The van der Waals surface area contributed by atoms with E-state index in [0.717, 1.165) is 10.4 Å². The number of sulfonamides is 1. The normalized spacial score (nSPS) is 18.9. The summed E-state index contributed by atoms with van der Waals surface area (Å²) < 4.78 is 26.0. The van der Waals surface area contributed by atoms with Crippen molar-refractivity contribution in [3.63, 3.8) is 0 Å². The lowest BCUT2D eigenvalue weighted by molar-refractivity contribution is -0.0426. The molecule has 104 valence electrons. The first-order valence-electron chi connectivity index (χ1n) is 5.39. The molecule has 0 atom stereocenters. The van der Waals surface area contributed by atoms with Crippen LogP contribution < -0.4 is 0 Å². The molecule has 1 aliphatic heterocycles. The summed E-state index contributed by atoms with van der Waals surface area (Å²) in [5.41, 5.74) is -1.13. The molecular weight excluding hydrogens is 338 g/mol. The number of nitrogens with zero attached hydrogens (tertiary/aromatic N) is 1. The number of β-amino-alcohol motifs (C(OH)–C–C–N with tert-alkyl or cyclic N) is 1. The molecule has 1 aromatic rings. The fraction of sp³-hybridized carbons (Fsp3) is 0.364. The van der Waals surface area contributed by atoms with E-state index < -0.39 is 21.6 Å². The molecule has 0 aliphatic carbocycles. The SMILES string of the molecule is CC1(O)CN(S(=O)(=O)c2cc(C(=O)O)ccc2Br)C1. The Balaban J connectivity index is 2.41. The van der Waals surface area contributed by atoms with Gasteiger partial charge in [0.2, 0.25) is 10.0 Å². The quantitative estimate of drug-likeness (QED) is 0.845. The molecule has 0 saturated carbocycles. The number of carboxylic acids is 1. The van der Waals surface area contributed by atoms with Gasteiger partial charge in [0.05, 0.1) is 16.1 Å². The molecule has 2 N–H and O–H groups in total. The number of aliphatic hydroxyl groups is 1. The molecule has 6 nitrogen and oxygen atoms in total. The third kappa shape index (κ3) is 2.66. The van der Waals surface area contributed by atoms with Crippen LogP contribution in [-0.2, 0) is 10.0 Å². The van der Waals surface area contributed by atoms with Crippen molar-refractivity contribution in [2.24, 2.45) is 0 Å². The molecule has 0 unspecified atom stereocenters. The first kappa shape index (κ1) is 14.4. The van der Waals surface area contributed by atoms with E-state index in [2.05, 4.69) is 15.9 Å². The van der Waals surface area contributed by atoms with Gasteiger partial charge in [0.1, 0.15) is 0 Å². The Labute approximate surface area is 118 Å². The average molecular weight is 350 g/mol. The van der Waals surface area contributed by atoms with Crippen LogP contribution in [0.5, 0.6) is 0 Å². The maximum Gasteiger partial charge on any atom is 0.335 e. The van der Waals surface area contributed by atoms with Gasteiger partial charge in [-0.25, -0.2) is 13.2 Å². The second-order valence-corrected chi connectivity index (χ2v) is 7.48. The van der Waals surface area contributed by atoms with Crippen LogP contribution in [0, 0.1) is 0 Å². The Morgan fingerprint density at radius 3 is 2.47 bits per heavy atom. The van der Waals surface area contributed by atoms with Crippen LogP contribution in [0.4, 0.5) is 0 Å². The number of halogens is 1. The molecule has 19 heavy (non-hydrogen) atoms. The Morgan fingerprint density at radius 1 is 1.42 bits per heavy atom. The zero-order chi connectivity index (χ0) is 14.4. The summed E-state index contributed by atoms with van der Waals surface area (Å²) in [5, 5.41) is 18.5. The number of carboxylic acid groups (broad SMARTS) is 1. The highest BCUT2D eigenvalue weighted by molar-refractivity contribution is 9.10. The minimum atomic E-state index is -3.80. The molecule has 2 rings (SSSR count). The average Bonchev–Trinajstić information content (AvgIpc) is 2.25. The van der Waals surface area contributed by atoms with E-state index in [9.17, 15) is 18.3 Å². The predicted octanol–water partition coefficient (Wildman–Crippen LogP) is 0.903. The molecule has 1 heterocycles. The van der Waals surface area contributed by atoms with Crippen molar-refractivity contribution in [1.82, 2.24) is 4.31 Å². The highest BCUT2D eigenvalue weighted by Gasteiger charge is 2.44. The van der Waals surface area contributed by atoms with E-state index in [1.54, 1.807) is 6.92 Å². The Hall–Kier alpha value is -0.960. The van der Waals surface area contributed by atoms with Crippen molar-refractivity contribution < 1.29 is 23.4 Å². The summed E-state index contributed by atoms with van der Waals surface area (Å²) in [7, 11) is -3.80. The fourth-order valence-corrected chi connectivity index (χ4v) is 4.48. The molecule has 1 saturated heterocycles. The fourth-order valence-electron chi connectivity index (χ4n) is 1.86. The summed E-state index contributed by atoms with van der Waals surface area (Å²) in [4.78, 5) is 10.8. The van der Waals surface area contributed by atoms with Gasteiger partial charge in [0.25, 0.3) is 0 Å². The molecule has 1 aromatic carbocycles. The summed E-state index contributed by atoms with van der Waals surface area (Å²) in [6.45, 7) is 1.54. The van der Waals surface area contributed by atoms with Gasteiger partial charge in [-0.05, 0) is 41.1 Å². The summed E-state index contributed by atoms with van der Waals surface area (Å²) in [6, 6.07) is 3.81. The lowest BCUT2D eigenvalue weighted by atomic mass is 10.0. The monoisotopic (exact) mass is 349 g/mol. The maximum atomic E-state index is 12.3. The van der Waals surface area contributed by atoms with Crippen molar-refractivity contribution in [1.29, 1.82) is 0 Å². The van der Waals surface area contributed by atoms with E-state index in [1.807, 2.05) is 0 Å². The van der Waals surface area contributed by atoms with Gasteiger partial charge in [-0.15, -0.1) is 0 Å². The minimum absolute atomic E-state index is 0.000920. The first-order valence-corrected chi connectivity index (χ1v) is 7.62. The maximum absolute atomic E-state index is 12.3. The van der Waals surface area contributed by atoms with Gasteiger partial charge in [-0.1, -0.05) is 0 Å². The molecule has 0 bridgehead atoms. The third-order valence-electron chi connectivity index (χ3n) is 2.83. The van der Waals surface area contributed by atoms with E-state index in [1.165, 1.54) is 12.1 Å². The topological polar surface area (TPSA) is 94.9 Å². The van der Waals surface area contributed by atoms with Crippen LogP contribution in [0.1, 0.15) is 17.3 Å². The molecule has 0 radical (unpaired) electrons. The summed E-state index contributed by atoms with van der Waals surface area (Å²) in [5.74, 6) is -1.19. The van der Waals surface area contributed by atoms with Crippen LogP contribution in [0.25, 0.3) is 0 Å². The Bertz CT molecular complexity index is 632. The van der Waals surface area contributed by atoms with Gasteiger partial charge in [0.15, 0.2) is 0 Å². The van der Waals surface area contributed by atoms with E-state index in [-0.39, 0.29) is 23.5 Å². The Morgan fingerprint density at radius 2 is 2.00 bits per heavy atom. The second-order valence-electron chi connectivity index (χ2n) is 4.72. The molecular formula is C11H12BrNO5S. The minimum Gasteiger partial charge on any atom is -0.478 e. The van der Waals surface area contributed by atoms with E-state index in [4.69, 9.17) is 5.11 Å². The first-order chi connectivity index (χ1) is 8.63. The zero-order valence-electron chi connectivity index (χ0n) is 10.00. The third-order valence-corrected chi connectivity index (χ3v) is 5.62. The highest BCUT2D eigenvalue weighted by atomic mass is 79.9. The van der Waals surface area contributed by atoms with Crippen molar-refractivity contribution in [3.8, 4) is 0 Å². The van der Waals surface area contributed by atoms with Crippen LogP contribution in [0.15, 0.2) is 27.6 Å². The second kappa shape index (κ2) is 4.55. The van der Waals surface area contributed by atoms with E-state index in [0.29, 0.717) is 4.47 Å². The smallest absolute Gasteiger partial charge is 0.335 e. The Kier molecular flexibility index (Phi) is 3.46. The summed E-state index contributed by atoms with van der Waals surface area (Å²) >= 11 is 3.10. The van der Waals surface area contributed by atoms with Gasteiger partial charge < -0.3 is 10.2 Å². The molecule has 0 aromatic heterocycles. The van der Waals surface area contributed by atoms with Crippen molar-refractivity contribution in [2.45, 2.75) is 17.4 Å². The van der Waals surface area contributed by atoms with Crippen LogP contribution in [0.3, 0.4) is 0 Å². The highest BCUT2D eigenvalue weighted by Crippen LogP contribution is 2.31. The van der Waals surface area contributed by atoms with Crippen molar-refractivity contribution >= 4 is 31.9 Å². The molecule has 0 amide bonds. The van der Waals surface area contributed by atoms with Gasteiger partial charge in [-0.3, -0.25) is 0 Å². The van der Waals surface area contributed by atoms with Gasteiger partial charge >= 0.3 is 5.97 Å². The zero-order valence-corrected chi connectivity index (χ0v) is 12.4. The molecule has 0 spiro atoms. The van der Waals surface area contributed by atoms with Crippen molar-refractivity contribution in [2.75, 3.05) is 13.1 Å². The predicted molar refractivity (Wildman–Crippen MR) is 70.5 cm³/mol. The number of rotatable bonds is 3. The number of hydrogen-bond acceptors (Lipinski definition) is 4.